The van der Waals surface area contributed by atoms with E-state index in [9.17, 15) is 10.1 Å². The number of fused-ring (bicyclic) bond motifs is 3. The number of ether oxygens (including phenoxy) is 1. The normalized spacial score (nSPS) is 21.3. The first-order valence-electron chi connectivity index (χ1n) is 7.92. The van der Waals surface area contributed by atoms with E-state index in [0.29, 0.717) is 0 Å². The SMILES string of the molecule is COc1cccc2c1CC[C@H]1C2=NN[C@H]1c1ccc([N+](=O)[O-])cc1. The molecule has 1 aliphatic carbocycles. The summed E-state index contributed by atoms with van der Waals surface area (Å²) in [5.74, 6) is 1.18. The van der Waals surface area contributed by atoms with E-state index in [1.165, 1.54) is 5.56 Å². The van der Waals surface area contributed by atoms with E-state index in [-0.39, 0.29) is 22.6 Å². The highest BCUT2D eigenvalue weighted by Crippen LogP contribution is 2.40. The number of methoxy groups -OCH3 is 1. The van der Waals surface area contributed by atoms with Crippen LogP contribution in [0.25, 0.3) is 0 Å². The minimum Gasteiger partial charge on any atom is -0.496 e. The first kappa shape index (κ1) is 14.7. The van der Waals surface area contributed by atoms with Crippen molar-refractivity contribution in [1.82, 2.24) is 5.43 Å². The van der Waals surface area contributed by atoms with E-state index in [1.807, 2.05) is 24.3 Å². The number of hydrazone groups is 1. The van der Waals surface area contributed by atoms with Crippen LogP contribution in [-0.4, -0.2) is 17.7 Å². The van der Waals surface area contributed by atoms with E-state index in [1.54, 1.807) is 19.2 Å². The van der Waals surface area contributed by atoms with Gasteiger partial charge in [0.05, 0.1) is 23.8 Å². The highest BCUT2D eigenvalue weighted by molar-refractivity contribution is 6.06. The number of nitro benzene ring substituents is 1. The summed E-state index contributed by atoms with van der Waals surface area (Å²) in [4.78, 5) is 10.4. The van der Waals surface area contributed by atoms with Crippen molar-refractivity contribution >= 4 is 11.4 Å². The van der Waals surface area contributed by atoms with Gasteiger partial charge in [0.25, 0.3) is 5.69 Å². The minimum absolute atomic E-state index is 0.0557. The van der Waals surface area contributed by atoms with Gasteiger partial charge in [-0.15, -0.1) is 0 Å². The van der Waals surface area contributed by atoms with E-state index in [4.69, 9.17) is 4.74 Å². The van der Waals surface area contributed by atoms with E-state index < -0.39 is 0 Å². The molecule has 2 aromatic rings. The highest BCUT2D eigenvalue weighted by atomic mass is 16.6. The van der Waals surface area contributed by atoms with Gasteiger partial charge in [-0.2, -0.15) is 5.10 Å². The average molecular weight is 323 g/mol. The minimum atomic E-state index is -0.378. The van der Waals surface area contributed by atoms with Gasteiger partial charge in [-0.25, -0.2) is 0 Å². The van der Waals surface area contributed by atoms with Crippen LogP contribution in [-0.2, 0) is 6.42 Å². The summed E-state index contributed by atoms with van der Waals surface area (Å²) in [5.41, 5.74) is 7.76. The van der Waals surface area contributed by atoms with Crippen LogP contribution in [0.1, 0.15) is 29.2 Å². The average Bonchev–Trinajstić information content (AvgIpc) is 3.05. The summed E-state index contributed by atoms with van der Waals surface area (Å²) in [7, 11) is 1.69. The number of benzene rings is 2. The van der Waals surface area contributed by atoms with Crippen LogP contribution < -0.4 is 10.2 Å². The van der Waals surface area contributed by atoms with Gasteiger partial charge < -0.3 is 10.2 Å². The van der Waals surface area contributed by atoms with Crippen molar-refractivity contribution in [3.8, 4) is 5.75 Å². The van der Waals surface area contributed by atoms with E-state index >= 15 is 0 Å². The summed E-state index contributed by atoms with van der Waals surface area (Å²) < 4.78 is 5.47. The van der Waals surface area contributed by atoms with Crippen molar-refractivity contribution in [3.05, 3.63) is 69.3 Å². The zero-order valence-electron chi connectivity index (χ0n) is 13.2. The monoisotopic (exact) mass is 323 g/mol. The number of nitro groups is 1. The fourth-order valence-corrected chi connectivity index (χ4v) is 3.70. The molecule has 24 heavy (non-hydrogen) atoms. The van der Waals surface area contributed by atoms with Crippen LogP contribution in [0.3, 0.4) is 0 Å². The van der Waals surface area contributed by atoms with Crippen molar-refractivity contribution < 1.29 is 9.66 Å². The summed E-state index contributed by atoms with van der Waals surface area (Å²) in [6, 6.07) is 12.8. The molecule has 0 fully saturated rings. The Morgan fingerprint density at radius 1 is 1.25 bits per heavy atom. The second kappa shape index (κ2) is 5.63. The molecule has 0 amide bonds. The Bertz CT molecular complexity index is 830. The van der Waals surface area contributed by atoms with Gasteiger partial charge in [-0.05, 0) is 24.5 Å². The molecule has 122 valence electrons. The van der Waals surface area contributed by atoms with Gasteiger partial charge in [0.15, 0.2) is 0 Å². The molecular weight excluding hydrogens is 306 g/mol. The van der Waals surface area contributed by atoms with Crippen molar-refractivity contribution in [1.29, 1.82) is 0 Å². The maximum absolute atomic E-state index is 10.8. The van der Waals surface area contributed by atoms with Crippen molar-refractivity contribution in [2.45, 2.75) is 18.9 Å². The fraction of sp³-hybridized carbons (Fsp3) is 0.278. The topological polar surface area (TPSA) is 76.8 Å². The van der Waals surface area contributed by atoms with Gasteiger partial charge in [-0.3, -0.25) is 10.1 Å². The molecule has 4 rings (SSSR count). The Balaban J connectivity index is 1.65. The number of hydrogen-bond donors (Lipinski definition) is 1. The summed E-state index contributed by atoms with van der Waals surface area (Å²) >= 11 is 0. The molecule has 1 N–H and O–H groups in total. The smallest absolute Gasteiger partial charge is 0.269 e. The third kappa shape index (κ3) is 2.22. The molecule has 2 aromatic carbocycles. The lowest BCUT2D eigenvalue weighted by Gasteiger charge is -2.27. The molecule has 0 aromatic heterocycles. The molecular formula is C18H17N3O3. The molecule has 0 spiro atoms. The molecule has 6 heteroatoms. The van der Waals surface area contributed by atoms with Crippen molar-refractivity contribution in [2.75, 3.05) is 7.11 Å². The predicted octanol–water partition coefficient (Wildman–Crippen LogP) is 3.21. The lowest BCUT2D eigenvalue weighted by molar-refractivity contribution is -0.384. The first-order chi connectivity index (χ1) is 11.7. The van der Waals surface area contributed by atoms with Gasteiger partial charge in [-0.1, -0.05) is 24.3 Å². The number of nitrogens with zero attached hydrogens (tertiary/aromatic N) is 2. The molecule has 1 heterocycles. The predicted molar refractivity (Wildman–Crippen MR) is 90.3 cm³/mol. The molecule has 0 saturated heterocycles. The molecule has 2 aliphatic rings. The zero-order chi connectivity index (χ0) is 16.7. The number of nitrogens with one attached hydrogen (secondary N) is 1. The Kier molecular flexibility index (Phi) is 3.45. The molecule has 0 saturated carbocycles. The molecule has 0 radical (unpaired) electrons. The Morgan fingerprint density at radius 3 is 2.75 bits per heavy atom. The lowest BCUT2D eigenvalue weighted by atomic mass is 9.77. The molecule has 1 aliphatic heterocycles. The zero-order valence-corrected chi connectivity index (χ0v) is 13.2. The van der Waals surface area contributed by atoms with Gasteiger partial charge in [0, 0.05) is 29.2 Å². The number of rotatable bonds is 3. The lowest BCUT2D eigenvalue weighted by Crippen LogP contribution is -2.27. The first-order valence-corrected chi connectivity index (χ1v) is 7.92. The standard InChI is InChI=1S/C18H17N3O3/c1-24-16-4-2-3-14-13(16)9-10-15-17(19-20-18(14)15)11-5-7-12(8-6-11)21(22)23/h2-8,15,17,19H,9-10H2,1H3/t15-,17+/m1/s1. The molecule has 6 nitrogen and oxygen atoms in total. The van der Waals surface area contributed by atoms with Crippen molar-refractivity contribution in [3.63, 3.8) is 0 Å². The molecule has 2 atom stereocenters. The summed E-state index contributed by atoms with van der Waals surface area (Å²) in [6.07, 6.45) is 1.91. The second-order valence-corrected chi connectivity index (χ2v) is 6.08. The second-order valence-electron chi connectivity index (χ2n) is 6.08. The molecule has 0 bridgehead atoms. The number of hydrogen-bond acceptors (Lipinski definition) is 5. The Morgan fingerprint density at radius 2 is 2.04 bits per heavy atom. The van der Waals surface area contributed by atoms with Crippen LogP contribution in [0.5, 0.6) is 5.75 Å². The highest BCUT2D eigenvalue weighted by Gasteiger charge is 2.37. The Labute approximate surface area is 139 Å². The summed E-state index contributed by atoms with van der Waals surface area (Å²) in [5, 5.41) is 15.4. The van der Waals surface area contributed by atoms with Crippen molar-refractivity contribution in [2.24, 2.45) is 11.0 Å². The van der Waals surface area contributed by atoms with Crippen LogP contribution in [0, 0.1) is 16.0 Å². The van der Waals surface area contributed by atoms with Gasteiger partial charge in [0.1, 0.15) is 5.75 Å². The van der Waals surface area contributed by atoms with Gasteiger partial charge in [0.2, 0.25) is 0 Å². The summed E-state index contributed by atoms with van der Waals surface area (Å²) in [6.45, 7) is 0. The van der Waals surface area contributed by atoms with Crippen LogP contribution in [0.2, 0.25) is 0 Å². The third-order valence-electron chi connectivity index (χ3n) is 4.87. The van der Waals surface area contributed by atoms with Crippen LogP contribution >= 0.6 is 0 Å². The van der Waals surface area contributed by atoms with E-state index in [0.717, 1.165) is 35.4 Å². The fourth-order valence-electron chi connectivity index (χ4n) is 3.70. The van der Waals surface area contributed by atoms with Gasteiger partial charge >= 0.3 is 0 Å². The third-order valence-corrected chi connectivity index (χ3v) is 4.87. The van der Waals surface area contributed by atoms with Crippen LogP contribution in [0.4, 0.5) is 5.69 Å². The molecule has 0 unspecified atom stereocenters. The maximum Gasteiger partial charge on any atom is 0.269 e. The van der Waals surface area contributed by atoms with Crippen LogP contribution in [0.15, 0.2) is 47.6 Å². The quantitative estimate of drug-likeness (QED) is 0.695. The largest absolute Gasteiger partial charge is 0.496 e. The maximum atomic E-state index is 10.8. The number of non-ortho nitro benzene ring substituents is 1. The Hall–Kier alpha value is -2.89. The van der Waals surface area contributed by atoms with E-state index in [2.05, 4.69) is 16.6 Å².